The fraction of sp³-hybridized carbons (Fsp3) is 0.303. The van der Waals surface area contributed by atoms with Crippen molar-refractivity contribution in [3.8, 4) is 34.1 Å². The maximum Gasteiger partial charge on any atom is 1.00 e. The topological polar surface area (TPSA) is 260 Å². The van der Waals surface area contributed by atoms with Gasteiger partial charge in [0.25, 0.3) is 17.6 Å². The number of aryl methyl sites for hydroxylation is 1. The monoisotopic (exact) mass is 1030 g/mol. The average Bonchev–Trinajstić information content (AvgIpc) is 3.90. The molecule has 1 N–H and O–H groups in total. The maximum absolute atomic E-state index is 12.9. The van der Waals surface area contributed by atoms with E-state index in [0.717, 1.165) is 4.57 Å². The summed E-state index contributed by atoms with van der Waals surface area (Å²) < 4.78 is 97.8. The number of carbonyl (C=O) groups excluding carboxylic acids is 3. The molecule has 0 saturated carbocycles. The molecule has 19 nitrogen and oxygen atoms in total. The van der Waals surface area contributed by atoms with Gasteiger partial charge < -0.3 is 35.1 Å². The van der Waals surface area contributed by atoms with Crippen molar-refractivity contribution in [1.29, 1.82) is 0 Å². The first kappa shape index (κ1) is 56.0. The van der Waals surface area contributed by atoms with Crippen LogP contribution in [-0.2, 0) is 38.7 Å². The number of halogens is 7. The molecule has 0 aliphatic rings. The third-order valence-electron chi connectivity index (χ3n) is 7.04. The number of esters is 2. The van der Waals surface area contributed by atoms with Crippen molar-refractivity contribution in [1.82, 2.24) is 39.8 Å². The van der Waals surface area contributed by atoms with E-state index in [0.29, 0.717) is 12.1 Å². The molecular weight excluding hydrogens is 1000 g/mol. The second kappa shape index (κ2) is 24.7. The van der Waals surface area contributed by atoms with E-state index in [2.05, 4.69) is 67.2 Å². The predicted molar refractivity (Wildman–Crippen MR) is 195 cm³/mol. The number of nitrogens with one attached hydrogen (secondary N) is 1. The smallest absolute Gasteiger partial charge is 1.00 e. The fourth-order valence-corrected chi connectivity index (χ4v) is 4.33. The summed E-state index contributed by atoms with van der Waals surface area (Å²) in [5.74, 6) is -4.22. The Morgan fingerprint density at radius 1 is 0.787 bits per heavy atom. The summed E-state index contributed by atoms with van der Waals surface area (Å²) >= 11 is 2.15. The number of hydrogen-bond donors (Lipinski definition) is 1. The molecule has 6 heterocycles. The van der Waals surface area contributed by atoms with E-state index in [-0.39, 0.29) is 144 Å². The minimum atomic E-state index is -4.77. The van der Waals surface area contributed by atoms with Crippen molar-refractivity contribution >= 4 is 63.3 Å². The zero-order valence-corrected chi connectivity index (χ0v) is 41.4. The maximum atomic E-state index is 12.9. The normalized spacial score (nSPS) is 10.8. The Morgan fingerprint density at radius 3 is 1.62 bits per heavy atom. The zero-order chi connectivity index (χ0) is 44.4. The minimum absolute atomic E-state index is 0. The van der Waals surface area contributed by atoms with Crippen molar-refractivity contribution in [3.05, 3.63) is 69.0 Å². The van der Waals surface area contributed by atoms with E-state index in [9.17, 15) is 45.5 Å². The Kier molecular flexibility index (Phi) is 22.7. The summed E-state index contributed by atoms with van der Waals surface area (Å²) in [6.45, 7) is 6.05. The molecule has 318 valence electrons. The van der Waals surface area contributed by atoms with Gasteiger partial charge >= 0.3 is 127 Å². The molecule has 0 aliphatic heterocycles. The van der Waals surface area contributed by atoms with Crippen LogP contribution in [0.4, 0.5) is 26.3 Å². The summed E-state index contributed by atoms with van der Waals surface area (Å²) in [7, 11) is 1.36. The second-order valence-electron chi connectivity index (χ2n) is 11.7. The standard InChI is InChI=1S/C16H13F3N4O4.C15H11F3N4O4.CH3I.CH2O3.2K.H/c1-7(2)15(25)26-12-10(8-6-9(22-27-8)16(17,18)19)14(24)23(3)13-11(12)20-4-5-21-13;1-6(2)14(24)25-11-9(7-5-8(22-26-7)15(16,17)18)13(23)21-12-10(11)19-3-4-20-12;1-2;2-1-4-3;;;/h4-7H,1-3H3;3-6H,1-2H3,(H,20,21,23);1H3;1,3H;;;/q;;;;2*+1;-1/p-1. The van der Waals surface area contributed by atoms with Gasteiger partial charge in [-0.2, -0.15) is 26.3 Å². The van der Waals surface area contributed by atoms with Gasteiger partial charge in [-0.1, -0.05) is 60.6 Å². The Labute approximate surface area is 438 Å². The Hall–Kier alpha value is -3.05. The minimum Gasteiger partial charge on any atom is -1.00 e. The van der Waals surface area contributed by atoms with Crippen molar-refractivity contribution in [3.63, 3.8) is 0 Å². The summed E-state index contributed by atoms with van der Waals surface area (Å²) in [5, 5.41) is 14.3. The van der Waals surface area contributed by atoms with E-state index < -0.39 is 81.3 Å². The zero-order valence-electron chi connectivity index (χ0n) is 34.0. The van der Waals surface area contributed by atoms with Crippen molar-refractivity contribution < 1.29 is 174 Å². The van der Waals surface area contributed by atoms with Crippen LogP contribution in [0.5, 0.6) is 11.5 Å². The Balaban J connectivity index is 0.00000102. The number of rotatable bonds is 7. The molecule has 6 aromatic rings. The molecule has 0 aliphatic carbocycles. The molecule has 0 bridgehead atoms. The van der Waals surface area contributed by atoms with Crippen LogP contribution in [-0.4, -0.2) is 63.1 Å². The van der Waals surface area contributed by atoms with Crippen LogP contribution in [0.2, 0.25) is 0 Å². The number of aromatic nitrogens is 8. The molecule has 6 aromatic heterocycles. The number of ether oxygens (including phenoxy) is 2. The van der Waals surface area contributed by atoms with Gasteiger partial charge in [0.2, 0.25) is 0 Å². The molecule has 6 rings (SSSR count). The molecule has 0 spiro atoms. The van der Waals surface area contributed by atoms with Gasteiger partial charge in [0.1, 0.15) is 22.2 Å². The molecule has 0 amide bonds. The number of carbonyl (C=O) groups is 3. The van der Waals surface area contributed by atoms with Gasteiger partial charge in [0, 0.05) is 44.0 Å². The number of fused-ring (bicyclic) bond motifs is 2. The predicted octanol–water partition coefficient (Wildman–Crippen LogP) is -1.28. The summed E-state index contributed by atoms with van der Waals surface area (Å²) in [5.41, 5.74) is -5.02. The molecule has 0 aromatic carbocycles. The third kappa shape index (κ3) is 14.2. The van der Waals surface area contributed by atoms with E-state index in [4.69, 9.17) is 24.0 Å². The van der Waals surface area contributed by atoms with Crippen LogP contribution in [0.25, 0.3) is 45.0 Å². The number of alkyl halides is 7. The van der Waals surface area contributed by atoms with Gasteiger partial charge in [-0.3, -0.25) is 28.5 Å². The van der Waals surface area contributed by atoms with Crippen LogP contribution >= 0.6 is 22.6 Å². The number of H-pyrrole nitrogens is 1. The first-order chi connectivity index (χ1) is 27.7. The van der Waals surface area contributed by atoms with E-state index in [1.165, 1.54) is 31.8 Å². The molecule has 0 unspecified atom stereocenters. The first-order valence-corrected chi connectivity index (χ1v) is 18.2. The van der Waals surface area contributed by atoms with E-state index >= 15 is 0 Å². The molecule has 0 atom stereocenters. The molecule has 0 saturated heterocycles. The van der Waals surface area contributed by atoms with Crippen molar-refractivity contribution in [2.75, 3.05) is 4.93 Å². The summed E-state index contributed by atoms with van der Waals surface area (Å²) in [4.78, 5) is 80.8. The van der Waals surface area contributed by atoms with Crippen LogP contribution in [0.3, 0.4) is 0 Å². The van der Waals surface area contributed by atoms with Gasteiger partial charge in [0.15, 0.2) is 45.7 Å². The van der Waals surface area contributed by atoms with Gasteiger partial charge in [-0.05, 0) is 4.93 Å². The fourth-order valence-electron chi connectivity index (χ4n) is 4.33. The molecule has 61 heavy (non-hydrogen) atoms. The molecule has 28 heteroatoms. The first-order valence-electron chi connectivity index (χ1n) is 16.0. The van der Waals surface area contributed by atoms with Crippen LogP contribution in [0, 0.1) is 11.8 Å². The van der Waals surface area contributed by atoms with Gasteiger partial charge in [-0.25, -0.2) is 19.9 Å². The second-order valence-corrected chi connectivity index (χ2v) is 11.7. The van der Waals surface area contributed by atoms with Gasteiger partial charge in [0.05, 0.1) is 11.8 Å². The van der Waals surface area contributed by atoms with Crippen LogP contribution in [0.1, 0.15) is 40.5 Å². The van der Waals surface area contributed by atoms with Crippen LogP contribution < -0.4 is 129 Å². The molecule has 0 radical (unpaired) electrons. The Bertz CT molecular complexity index is 2570. The van der Waals surface area contributed by atoms with Gasteiger partial charge in [-0.15, -0.1) is 0 Å². The van der Waals surface area contributed by atoms with Crippen molar-refractivity contribution in [2.45, 2.75) is 40.0 Å². The third-order valence-corrected chi connectivity index (χ3v) is 7.04. The van der Waals surface area contributed by atoms with Crippen LogP contribution in [0.15, 0.2) is 55.6 Å². The number of hydrogen-bond acceptors (Lipinski definition) is 17. The molecule has 0 fully saturated rings. The summed E-state index contributed by atoms with van der Waals surface area (Å²) in [6.07, 6.45) is -4.34. The average molecular weight is 1030 g/mol. The van der Waals surface area contributed by atoms with E-state index in [1.807, 2.05) is 4.93 Å². The quantitative estimate of drug-likeness (QED) is 0.0286. The van der Waals surface area contributed by atoms with E-state index in [1.54, 1.807) is 27.7 Å². The van der Waals surface area contributed by atoms with Crippen molar-refractivity contribution in [2.24, 2.45) is 18.9 Å². The number of nitrogens with zero attached hydrogens (tertiary/aromatic N) is 7. The molecular formula is C33H29F6IK2N8O11. The summed E-state index contributed by atoms with van der Waals surface area (Å²) in [6, 6.07) is 1.10. The number of aromatic amines is 1. The largest absolute Gasteiger partial charge is 1.00 e. The number of pyridine rings is 2. The Morgan fingerprint density at radius 2 is 1.20 bits per heavy atom. The SMILES string of the molecule is CC(C)C(=O)Oc1c(-c2cc(C(F)(F)F)no2)c(=O)[nH]c2nccnc12.CC(C)C(=O)Oc1c(-c2cc(C(F)(F)F)no2)c(=O)n(C)c2nccnc12.CI.O=CO[O-].[H-].[K+].[K+].